The predicted octanol–water partition coefficient (Wildman–Crippen LogP) is 2.17. The summed E-state index contributed by atoms with van der Waals surface area (Å²) in [5.74, 6) is 2.56. The van der Waals surface area contributed by atoms with E-state index in [4.69, 9.17) is 0 Å². The summed E-state index contributed by atoms with van der Waals surface area (Å²) in [6, 6.07) is 0. The number of hydrogen-bond acceptors (Lipinski definition) is 3. The Morgan fingerprint density at radius 3 is 2.38 bits per heavy atom. The van der Waals surface area contributed by atoms with Crippen LogP contribution in [0.3, 0.4) is 0 Å². The summed E-state index contributed by atoms with van der Waals surface area (Å²) in [5.41, 5.74) is 3.23. The highest BCUT2D eigenvalue weighted by Gasteiger charge is 2.09. The molecule has 0 amide bonds. The number of carbonyl (C=O) groups excluding carboxylic acids is 2. The number of rotatable bonds is 5. The number of carbonyl (C=O) groups is 2. The van der Waals surface area contributed by atoms with Crippen LogP contribution in [0.2, 0.25) is 19.6 Å². The first-order valence-electron chi connectivity index (χ1n) is 5.43. The Morgan fingerprint density at radius 2 is 1.88 bits per heavy atom. The minimum absolute atomic E-state index is 0.0679. The third-order valence-electron chi connectivity index (χ3n) is 1.79. The molecule has 0 heterocycles. The van der Waals surface area contributed by atoms with E-state index in [2.05, 4.69) is 35.8 Å². The van der Waals surface area contributed by atoms with Crippen molar-refractivity contribution in [3.8, 4) is 11.5 Å². The van der Waals surface area contributed by atoms with Crippen LogP contribution >= 0.6 is 0 Å². The van der Waals surface area contributed by atoms with Gasteiger partial charge in [0.1, 0.15) is 20.3 Å². The zero-order valence-corrected chi connectivity index (χ0v) is 11.6. The van der Waals surface area contributed by atoms with E-state index < -0.39 is 14.0 Å². The fraction of sp³-hybridized carbons (Fsp3) is 0.667. The Bertz CT molecular complexity index is 304. The van der Waals surface area contributed by atoms with Gasteiger partial charge in [-0.15, -0.1) is 11.5 Å². The highest BCUT2D eigenvalue weighted by atomic mass is 28.3. The molecular weight excluding hydrogens is 220 g/mol. The van der Waals surface area contributed by atoms with Gasteiger partial charge in [-0.25, -0.2) is 0 Å². The number of unbranched alkanes of at least 4 members (excludes halogenated alkanes) is 1. The summed E-state index contributed by atoms with van der Waals surface area (Å²) in [4.78, 5) is 22.0. The topological polar surface area (TPSA) is 43.4 Å². The summed E-state index contributed by atoms with van der Waals surface area (Å²) < 4.78 is 4.41. The summed E-state index contributed by atoms with van der Waals surface area (Å²) in [5, 5.41) is 0. The van der Waals surface area contributed by atoms with Crippen molar-refractivity contribution >= 4 is 19.8 Å². The molecular formula is C12H20O3Si. The van der Waals surface area contributed by atoms with Gasteiger partial charge in [0.15, 0.2) is 0 Å². The van der Waals surface area contributed by atoms with Crippen LogP contribution in [0.25, 0.3) is 0 Å². The predicted molar refractivity (Wildman–Crippen MR) is 66.6 cm³/mol. The highest BCUT2D eigenvalue weighted by molar-refractivity contribution is 6.83. The molecule has 0 aromatic heterocycles. The lowest BCUT2D eigenvalue weighted by molar-refractivity contribution is -0.143. The van der Waals surface area contributed by atoms with Crippen LogP contribution in [0.1, 0.15) is 25.7 Å². The molecule has 0 atom stereocenters. The van der Waals surface area contributed by atoms with Gasteiger partial charge in [0.2, 0.25) is 0 Å². The number of esters is 1. The quantitative estimate of drug-likeness (QED) is 0.243. The molecule has 0 aliphatic rings. The standard InChI is InChI=1S/C12H20O3Si/c1-15-12(14)10-11(13)8-6-5-7-9-16(2,3)4/h5-6,8,10H2,1-4H3. The first-order valence-corrected chi connectivity index (χ1v) is 8.93. The average Bonchev–Trinajstić information content (AvgIpc) is 2.15. The number of hydrogen-bond donors (Lipinski definition) is 0. The number of Topliss-reactive ketones (excluding diaryl/α,β-unsaturated/α-hetero) is 1. The van der Waals surface area contributed by atoms with Crippen molar-refractivity contribution in [2.45, 2.75) is 45.3 Å². The van der Waals surface area contributed by atoms with Gasteiger partial charge in [-0.3, -0.25) is 9.59 Å². The summed E-state index contributed by atoms with van der Waals surface area (Å²) in [7, 11) is 0.000223. The van der Waals surface area contributed by atoms with Crippen LogP contribution < -0.4 is 0 Å². The molecule has 90 valence electrons. The van der Waals surface area contributed by atoms with Crippen LogP contribution in [0.5, 0.6) is 0 Å². The van der Waals surface area contributed by atoms with E-state index in [1.165, 1.54) is 7.11 Å². The third kappa shape index (κ3) is 9.47. The molecule has 0 N–H and O–H groups in total. The van der Waals surface area contributed by atoms with E-state index >= 15 is 0 Å². The molecule has 0 saturated carbocycles. The Hall–Kier alpha value is -1.08. The fourth-order valence-electron chi connectivity index (χ4n) is 1.02. The maximum absolute atomic E-state index is 11.2. The van der Waals surface area contributed by atoms with Crippen LogP contribution in [-0.2, 0) is 14.3 Å². The summed E-state index contributed by atoms with van der Waals surface area (Å²) >= 11 is 0. The maximum atomic E-state index is 11.2. The van der Waals surface area contributed by atoms with Gasteiger partial charge < -0.3 is 4.74 Å². The van der Waals surface area contributed by atoms with Crippen molar-refractivity contribution in [3.05, 3.63) is 0 Å². The van der Waals surface area contributed by atoms with Crippen molar-refractivity contribution < 1.29 is 14.3 Å². The van der Waals surface area contributed by atoms with Crippen LogP contribution in [0.4, 0.5) is 0 Å². The molecule has 0 radical (unpaired) electrons. The van der Waals surface area contributed by atoms with Crippen LogP contribution in [0, 0.1) is 11.5 Å². The first kappa shape index (κ1) is 14.9. The van der Waals surface area contributed by atoms with Crippen molar-refractivity contribution in [2.24, 2.45) is 0 Å². The second kappa shape index (κ2) is 7.23. The largest absolute Gasteiger partial charge is 0.469 e. The SMILES string of the molecule is COC(=O)CC(=O)CCCC#C[Si](C)(C)C. The molecule has 0 aliphatic carbocycles. The monoisotopic (exact) mass is 240 g/mol. The van der Waals surface area contributed by atoms with Crippen LogP contribution in [0.15, 0.2) is 0 Å². The first-order chi connectivity index (χ1) is 7.35. The second-order valence-corrected chi connectivity index (χ2v) is 9.45. The minimum atomic E-state index is -1.29. The number of ether oxygens (including phenoxy) is 1. The van der Waals surface area contributed by atoms with Crippen molar-refractivity contribution in [1.29, 1.82) is 0 Å². The van der Waals surface area contributed by atoms with Gasteiger partial charge in [-0.2, -0.15) is 0 Å². The number of ketones is 1. The zero-order valence-electron chi connectivity index (χ0n) is 10.6. The average molecular weight is 240 g/mol. The van der Waals surface area contributed by atoms with Crippen molar-refractivity contribution in [3.63, 3.8) is 0 Å². The highest BCUT2D eigenvalue weighted by Crippen LogP contribution is 2.01. The van der Waals surface area contributed by atoms with E-state index in [-0.39, 0.29) is 12.2 Å². The normalized spacial score (nSPS) is 10.2. The van der Waals surface area contributed by atoms with Gasteiger partial charge in [0.25, 0.3) is 0 Å². The van der Waals surface area contributed by atoms with Gasteiger partial charge in [0.05, 0.1) is 7.11 Å². The third-order valence-corrected chi connectivity index (χ3v) is 2.72. The molecule has 0 fully saturated rings. The molecule has 16 heavy (non-hydrogen) atoms. The molecule has 0 aromatic rings. The number of methoxy groups -OCH3 is 1. The zero-order chi connectivity index (χ0) is 12.6. The molecule has 0 bridgehead atoms. The smallest absolute Gasteiger partial charge is 0.313 e. The lowest BCUT2D eigenvalue weighted by Gasteiger charge is -2.03. The lowest BCUT2D eigenvalue weighted by atomic mass is 10.1. The Balaban J connectivity index is 3.70. The van der Waals surface area contributed by atoms with E-state index in [1.807, 2.05) is 0 Å². The van der Waals surface area contributed by atoms with Gasteiger partial charge in [-0.1, -0.05) is 19.6 Å². The van der Waals surface area contributed by atoms with Crippen molar-refractivity contribution in [2.75, 3.05) is 7.11 Å². The Labute approximate surface area is 98.6 Å². The Kier molecular flexibility index (Phi) is 6.74. The van der Waals surface area contributed by atoms with E-state index in [0.717, 1.165) is 12.8 Å². The summed E-state index contributed by atoms with van der Waals surface area (Å²) in [6.45, 7) is 6.55. The maximum Gasteiger partial charge on any atom is 0.313 e. The van der Waals surface area contributed by atoms with E-state index in [0.29, 0.717) is 6.42 Å². The van der Waals surface area contributed by atoms with Gasteiger partial charge in [-0.05, 0) is 6.42 Å². The van der Waals surface area contributed by atoms with Crippen molar-refractivity contribution in [1.82, 2.24) is 0 Å². The molecule has 0 spiro atoms. The van der Waals surface area contributed by atoms with Gasteiger partial charge >= 0.3 is 5.97 Å². The second-order valence-electron chi connectivity index (χ2n) is 4.70. The Morgan fingerprint density at radius 1 is 1.25 bits per heavy atom. The molecule has 4 heteroatoms. The van der Waals surface area contributed by atoms with Gasteiger partial charge in [0, 0.05) is 12.8 Å². The molecule has 0 rings (SSSR count). The molecule has 0 aromatic carbocycles. The minimum Gasteiger partial charge on any atom is -0.469 e. The lowest BCUT2D eigenvalue weighted by Crippen LogP contribution is -2.16. The molecule has 0 unspecified atom stereocenters. The van der Waals surface area contributed by atoms with Crippen LogP contribution in [-0.4, -0.2) is 26.9 Å². The fourth-order valence-corrected chi connectivity index (χ4v) is 1.68. The molecule has 0 aliphatic heterocycles. The summed E-state index contributed by atoms with van der Waals surface area (Å²) in [6.07, 6.45) is 1.76. The van der Waals surface area contributed by atoms with E-state index in [1.54, 1.807) is 0 Å². The van der Waals surface area contributed by atoms with E-state index in [9.17, 15) is 9.59 Å². The molecule has 0 saturated heterocycles. The molecule has 3 nitrogen and oxygen atoms in total.